The van der Waals surface area contributed by atoms with Gasteiger partial charge in [0.15, 0.2) is 0 Å². The number of likely N-dealkylation sites (N-methyl/N-ethyl adjacent to an activating group) is 1. The Hall–Kier alpha value is -1.58. The van der Waals surface area contributed by atoms with Crippen LogP contribution in [0.1, 0.15) is 17.2 Å². The largest absolute Gasteiger partial charge is 0.488 e. The second kappa shape index (κ2) is 5.43. The number of hydrogen-bond acceptors (Lipinski definition) is 2. The van der Waals surface area contributed by atoms with E-state index in [2.05, 4.69) is 11.4 Å². The van der Waals surface area contributed by atoms with Crippen LogP contribution in [-0.4, -0.2) is 13.2 Å². The number of benzene rings is 2. The molecule has 2 atom stereocenters. The van der Waals surface area contributed by atoms with E-state index in [1.807, 2.05) is 25.2 Å². The lowest BCUT2D eigenvalue weighted by atomic mass is 9.97. The third kappa shape index (κ3) is 2.39. The average molecular weight is 292 g/mol. The SMILES string of the molecule is CNC(c1cc(F)ccc1Cl)C1Cc2ccccc2O1. The highest BCUT2D eigenvalue weighted by atomic mass is 35.5. The lowest BCUT2D eigenvalue weighted by molar-refractivity contribution is 0.183. The maximum Gasteiger partial charge on any atom is 0.123 e. The Morgan fingerprint density at radius 3 is 2.85 bits per heavy atom. The van der Waals surface area contributed by atoms with Crippen LogP contribution >= 0.6 is 11.6 Å². The minimum Gasteiger partial charge on any atom is -0.488 e. The quantitative estimate of drug-likeness (QED) is 0.930. The van der Waals surface area contributed by atoms with Crippen LogP contribution in [0.15, 0.2) is 42.5 Å². The highest BCUT2D eigenvalue weighted by Crippen LogP contribution is 2.36. The molecule has 0 saturated carbocycles. The molecule has 0 amide bonds. The van der Waals surface area contributed by atoms with E-state index in [4.69, 9.17) is 16.3 Å². The Morgan fingerprint density at radius 1 is 1.30 bits per heavy atom. The van der Waals surface area contributed by atoms with E-state index >= 15 is 0 Å². The first-order valence-electron chi connectivity index (χ1n) is 6.56. The van der Waals surface area contributed by atoms with Crippen molar-refractivity contribution in [3.05, 3.63) is 64.4 Å². The fraction of sp³-hybridized carbons (Fsp3) is 0.250. The Labute approximate surface area is 122 Å². The van der Waals surface area contributed by atoms with E-state index in [1.165, 1.54) is 17.7 Å². The fourth-order valence-electron chi connectivity index (χ4n) is 2.69. The molecule has 0 bridgehead atoms. The van der Waals surface area contributed by atoms with E-state index in [0.717, 1.165) is 17.7 Å². The van der Waals surface area contributed by atoms with Crippen LogP contribution in [0.2, 0.25) is 5.02 Å². The van der Waals surface area contributed by atoms with Crippen LogP contribution in [0.4, 0.5) is 4.39 Å². The second-order valence-corrected chi connectivity index (χ2v) is 5.31. The van der Waals surface area contributed by atoms with Crippen molar-refractivity contribution >= 4 is 11.6 Å². The molecule has 20 heavy (non-hydrogen) atoms. The molecule has 1 aliphatic heterocycles. The van der Waals surface area contributed by atoms with Gasteiger partial charge in [-0.15, -0.1) is 0 Å². The fourth-order valence-corrected chi connectivity index (χ4v) is 2.92. The molecule has 104 valence electrons. The first-order chi connectivity index (χ1) is 9.69. The topological polar surface area (TPSA) is 21.3 Å². The molecule has 2 unspecified atom stereocenters. The number of rotatable bonds is 3. The summed E-state index contributed by atoms with van der Waals surface area (Å²) in [6, 6.07) is 12.2. The van der Waals surface area contributed by atoms with Gasteiger partial charge in [-0.3, -0.25) is 0 Å². The Bertz CT molecular complexity index is 607. The monoisotopic (exact) mass is 291 g/mol. The van der Waals surface area contributed by atoms with Crippen molar-refractivity contribution in [3.8, 4) is 5.75 Å². The van der Waals surface area contributed by atoms with Crippen LogP contribution in [0.25, 0.3) is 0 Å². The van der Waals surface area contributed by atoms with Gasteiger partial charge in [0.1, 0.15) is 17.7 Å². The van der Waals surface area contributed by atoms with Crippen LogP contribution < -0.4 is 10.1 Å². The van der Waals surface area contributed by atoms with Crippen molar-refractivity contribution < 1.29 is 9.13 Å². The van der Waals surface area contributed by atoms with Crippen molar-refractivity contribution in [1.82, 2.24) is 5.32 Å². The summed E-state index contributed by atoms with van der Waals surface area (Å²) in [6.45, 7) is 0. The van der Waals surface area contributed by atoms with Crippen LogP contribution in [0.5, 0.6) is 5.75 Å². The summed E-state index contributed by atoms with van der Waals surface area (Å²) < 4.78 is 19.4. The molecule has 2 aromatic rings. The number of para-hydroxylation sites is 1. The van der Waals surface area contributed by atoms with E-state index in [0.29, 0.717) is 5.02 Å². The van der Waals surface area contributed by atoms with Crippen LogP contribution in [0.3, 0.4) is 0 Å². The average Bonchev–Trinajstić information content (AvgIpc) is 2.87. The molecule has 0 spiro atoms. The number of ether oxygens (including phenoxy) is 1. The first-order valence-corrected chi connectivity index (χ1v) is 6.93. The maximum atomic E-state index is 13.5. The van der Waals surface area contributed by atoms with Gasteiger partial charge >= 0.3 is 0 Å². The molecule has 0 fully saturated rings. The van der Waals surface area contributed by atoms with Crippen molar-refractivity contribution in [2.24, 2.45) is 0 Å². The van der Waals surface area contributed by atoms with Gasteiger partial charge in [0, 0.05) is 11.4 Å². The zero-order valence-corrected chi connectivity index (χ0v) is 11.8. The normalized spacial score (nSPS) is 18.4. The molecule has 2 aromatic carbocycles. The molecule has 4 heteroatoms. The molecule has 1 N–H and O–H groups in total. The van der Waals surface area contributed by atoms with E-state index in [-0.39, 0.29) is 18.0 Å². The molecule has 0 aromatic heterocycles. The van der Waals surface area contributed by atoms with Crippen LogP contribution in [0, 0.1) is 5.82 Å². The number of hydrogen-bond donors (Lipinski definition) is 1. The second-order valence-electron chi connectivity index (χ2n) is 4.90. The summed E-state index contributed by atoms with van der Waals surface area (Å²) in [5.41, 5.74) is 1.90. The first kappa shape index (κ1) is 13.4. The lowest BCUT2D eigenvalue weighted by Crippen LogP contribution is -2.33. The van der Waals surface area contributed by atoms with Gasteiger partial charge in [0.05, 0.1) is 6.04 Å². The maximum absolute atomic E-state index is 13.5. The summed E-state index contributed by atoms with van der Waals surface area (Å²) in [5.74, 6) is 0.602. The van der Waals surface area contributed by atoms with Gasteiger partial charge < -0.3 is 10.1 Å². The van der Waals surface area contributed by atoms with Gasteiger partial charge in [0.25, 0.3) is 0 Å². The summed E-state index contributed by atoms with van der Waals surface area (Å²) in [5, 5.41) is 3.73. The molecule has 1 aliphatic rings. The van der Waals surface area contributed by atoms with E-state index < -0.39 is 0 Å². The van der Waals surface area contributed by atoms with Crippen molar-refractivity contribution in [1.29, 1.82) is 0 Å². The Kier molecular flexibility index (Phi) is 3.64. The molecular formula is C16H15ClFNO. The van der Waals surface area contributed by atoms with Crippen molar-refractivity contribution in [2.45, 2.75) is 18.6 Å². The number of halogens is 2. The molecular weight excluding hydrogens is 277 g/mol. The standard InChI is InChI=1S/C16H15ClFNO/c1-19-16(12-9-11(18)6-7-13(12)17)15-8-10-4-2-3-5-14(10)20-15/h2-7,9,15-16,19H,8H2,1H3. The molecule has 0 aliphatic carbocycles. The van der Waals surface area contributed by atoms with Gasteiger partial charge in [0.2, 0.25) is 0 Å². The summed E-state index contributed by atoms with van der Waals surface area (Å²) in [7, 11) is 1.83. The van der Waals surface area contributed by atoms with Gasteiger partial charge in [-0.25, -0.2) is 4.39 Å². The van der Waals surface area contributed by atoms with Gasteiger partial charge in [-0.05, 0) is 42.4 Å². The Balaban J connectivity index is 1.91. The minimum absolute atomic E-state index is 0.0864. The molecule has 2 nitrogen and oxygen atoms in total. The van der Waals surface area contributed by atoms with E-state index in [1.54, 1.807) is 6.07 Å². The predicted molar refractivity (Wildman–Crippen MR) is 77.8 cm³/mol. The minimum atomic E-state index is -0.292. The molecule has 0 saturated heterocycles. The zero-order valence-electron chi connectivity index (χ0n) is 11.1. The zero-order chi connectivity index (χ0) is 14.1. The van der Waals surface area contributed by atoms with Gasteiger partial charge in [-0.1, -0.05) is 29.8 Å². The lowest BCUT2D eigenvalue weighted by Gasteiger charge is -2.24. The summed E-state index contributed by atoms with van der Waals surface area (Å²) in [6.07, 6.45) is 0.700. The smallest absolute Gasteiger partial charge is 0.123 e. The van der Waals surface area contributed by atoms with Crippen molar-refractivity contribution in [2.75, 3.05) is 7.05 Å². The molecule has 3 rings (SSSR count). The Morgan fingerprint density at radius 2 is 2.10 bits per heavy atom. The van der Waals surface area contributed by atoms with Crippen LogP contribution in [-0.2, 0) is 6.42 Å². The van der Waals surface area contributed by atoms with Gasteiger partial charge in [-0.2, -0.15) is 0 Å². The van der Waals surface area contributed by atoms with E-state index in [9.17, 15) is 4.39 Å². The number of fused-ring (bicyclic) bond motifs is 1. The predicted octanol–water partition coefficient (Wildman–Crippen LogP) is 3.74. The molecule has 1 heterocycles. The third-order valence-electron chi connectivity index (χ3n) is 3.65. The van der Waals surface area contributed by atoms with Crippen molar-refractivity contribution in [3.63, 3.8) is 0 Å². The highest BCUT2D eigenvalue weighted by Gasteiger charge is 2.31. The highest BCUT2D eigenvalue weighted by molar-refractivity contribution is 6.31. The number of nitrogens with one attached hydrogen (secondary N) is 1. The molecule has 0 radical (unpaired) electrons. The third-order valence-corrected chi connectivity index (χ3v) is 3.99. The summed E-state index contributed by atoms with van der Waals surface area (Å²) >= 11 is 6.20. The summed E-state index contributed by atoms with van der Waals surface area (Å²) in [4.78, 5) is 0.